The van der Waals surface area contributed by atoms with Gasteiger partial charge in [0.25, 0.3) is 11.6 Å². The Labute approximate surface area is 422 Å². The SMILES string of the molecule is CC1=C2C(O)C(=O)[C@]3(C)C(O)CC4OC[C@@]4(O)C3C(OC(=O)c3ccccc3)C(O)(CC1OC(=O)C(O)C(NC(=O)c1ccccc1)c1ccc([N+](=O)[O-])cc1)C2(C)C.[Ac].[Ac]. The van der Waals surface area contributed by atoms with Crippen LogP contribution in [0.3, 0.4) is 0 Å². The molecule has 6 N–H and O–H groups in total. The van der Waals surface area contributed by atoms with Crippen molar-refractivity contribution in [1.29, 1.82) is 0 Å². The summed E-state index contributed by atoms with van der Waals surface area (Å²) in [5.74, 6) is -5.47. The molecule has 0 aromatic heterocycles. The van der Waals surface area contributed by atoms with E-state index in [4.69, 9.17) is 14.2 Å². The number of rotatable bonds is 9. The molecule has 1 aliphatic heterocycles. The maximum Gasteiger partial charge on any atom is 0.338 e. The number of aliphatic hydroxyl groups excluding tert-OH is 3. The molecule has 11 atom stereocenters. The molecule has 3 aromatic rings. The van der Waals surface area contributed by atoms with Gasteiger partial charge in [0, 0.05) is 130 Å². The standard InChI is InChI=1S/C43H46N2O14.2Ac/c1-22-27(58-39(52)33(48)31(23-15-17-26(18-16-23)45(55)56)44-37(50)24-11-7-5-8-12-24)20-43(54)36(59-38(51)25-13-9-6-10-14-25)34-41(4,28(46)19-29-42(34,53)21-57-29)35(49)32(47)30(22)40(43,2)3;;/h5-18,27-29,31-34,36,46-48,53-54H,19-21H2,1-4H3,(H,44,50);;/t27?,28?,29?,31?,32?,33?,34?,36?,41-,42+,43?;;/m1../s1. The largest absolute Gasteiger partial charge is 0.456 e. The number of aliphatic hydroxyl groups is 5. The van der Waals surface area contributed by atoms with Crippen LogP contribution in [0.1, 0.15) is 72.9 Å². The average molecular weight is 1270 g/mol. The third-order valence-electron chi connectivity index (χ3n) is 13.2. The first kappa shape index (κ1) is 49.5. The van der Waals surface area contributed by atoms with E-state index in [1.165, 1.54) is 64.1 Å². The fourth-order valence-electron chi connectivity index (χ4n) is 9.68. The topological polar surface area (TPSA) is 252 Å². The van der Waals surface area contributed by atoms with Crippen molar-refractivity contribution in [3.8, 4) is 0 Å². The third kappa shape index (κ3) is 8.37. The van der Waals surface area contributed by atoms with Gasteiger partial charge in [-0.05, 0) is 54.8 Å². The van der Waals surface area contributed by atoms with Gasteiger partial charge in [-0.25, -0.2) is 9.59 Å². The molecule has 2 saturated carbocycles. The number of Topliss-reactive ketones (excluding diaryl/α,β-unsaturated/α-hetero) is 1. The molecular weight excluding hydrogens is 1220 g/mol. The van der Waals surface area contributed by atoms with Gasteiger partial charge in [-0.3, -0.25) is 19.7 Å². The van der Waals surface area contributed by atoms with E-state index in [1.807, 2.05) is 0 Å². The van der Waals surface area contributed by atoms with E-state index >= 15 is 0 Å². The van der Waals surface area contributed by atoms with E-state index in [0.29, 0.717) is 0 Å². The number of hydrogen-bond donors (Lipinski definition) is 6. The predicted octanol–water partition coefficient (Wildman–Crippen LogP) is 2.50. The second-order valence-electron chi connectivity index (χ2n) is 16.6. The number of ether oxygens (including phenoxy) is 3. The van der Waals surface area contributed by atoms with E-state index < -0.39 is 106 Å². The summed E-state index contributed by atoms with van der Waals surface area (Å²) in [5.41, 5.74) is -7.91. The molecule has 4 aliphatic rings. The molecule has 0 spiro atoms. The number of nitrogens with one attached hydrogen (secondary N) is 1. The van der Waals surface area contributed by atoms with E-state index in [2.05, 4.69) is 5.32 Å². The minimum Gasteiger partial charge on any atom is -0.456 e. The summed E-state index contributed by atoms with van der Waals surface area (Å²) >= 11 is 0. The number of hydrogen-bond acceptors (Lipinski definition) is 14. The van der Waals surface area contributed by atoms with Crippen molar-refractivity contribution in [2.75, 3.05) is 6.61 Å². The van der Waals surface area contributed by atoms with Crippen LogP contribution in [-0.4, -0.2) is 109 Å². The zero-order chi connectivity index (χ0) is 42.8. The Morgan fingerprint density at radius 3 is 2.02 bits per heavy atom. The molecule has 2 bridgehead atoms. The monoisotopic (exact) mass is 1270 g/mol. The minimum absolute atomic E-state index is 0. The Hall–Kier alpha value is -2.48. The molecular formula is C43H46Ac2N2O14. The van der Waals surface area contributed by atoms with Gasteiger partial charge >= 0.3 is 11.9 Å². The average Bonchev–Trinajstić information content (AvgIpc) is 3.21. The van der Waals surface area contributed by atoms with Crippen molar-refractivity contribution in [2.45, 2.75) is 94.4 Å². The molecule has 18 heteroatoms. The van der Waals surface area contributed by atoms with Crippen LogP contribution in [0.25, 0.3) is 0 Å². The number of ketones is 1. The number of carbonyl (C=O) groups is 4. The molecule has 3 fully saturated rings. The van der Waals surface area contributed by atoms with Crippen LogP contribution in [0.2, 0.25) is 0 Å². The van der Waals surface area contributed by atoms with Crippen LogP contribution in [-0.2, 0) is 23.8 Å². The van der Waals surface area contributed by atoms with Crippen molar-refractivity contribution in [3.05, 3.63) is 123 Å². The van der Waals surface area contributed by atoms with Crippen LogP contribution in [0.4, 0.5) is 5.69 Å². The Balaban J connectivity index is 0.00000352. The molecule has 3 aromatic carbocycles. The van der Waals surface area contributed by atoms with Gasteiger partial charge in [0.2, 0.25) is 0 Å². The van der Waals surface area contributed by atoms with E-state index in [-0.39, 0.29) is 135 Å². The molecule has 61 heavy (non-hydrogen) atoms. The van der Waals surface area contributed by atoms with Gasteiger partial charge in [0.15, 0.2) is 11.9 Å². The van der Waals surface area contributed by atoms with Gasteiger partial charge in [0.1, 0.15) is 29.5 Å². The van der Waals surface area contributed by atoms with Crippen molar-refractivity contribution < 1.29 is 152 Å². The normalized spacial score (nSPS) is 32.0. The van der Waals surface area contributed by atoms with Gasteiger partial charge < -0.3 is 45.1 Å². The van der Waals surface area contributed by atoms with Crippen LogP contribution in [0.5, 0.6) is 0 Å². The van der Waals surface area contributed by atoms with E-state index in [9.17, 15) is 54.8 Å². The number of amides is 1. The number of carbonyl (C=O) groups excluding carboxylic acids is 4. The van der Waals surface area contributed by atoms with Crippen LogP contribution in [0, 0.1) is 115 Å². The molecule has 1 saturated heterocycles. The van der Waals surface area contributed by atoms with Gasteiger partial charge in [0.05, 0.1) is 40.8 Å². The summed E-state index contributed by atoms with van der Waals surface area (Å²) in [4.78, 5) is 66.9. The summed E-state index contributed by atoms with van der Waals surface area (Å²) < 4.78 is 17.8. The Kier molecular flexibility index (Phi) is 15.1. The molecule has 16 nitrogen and oxygen atoms in total. The first-order valence-electron chi connectivity index (χ1n) is 19.2. The summed E-state index contributed by atoms with van der Waals surface area (Å²) in [6.07, 6.45) is -10.9. The summed E-state index contributed by atoms with van der Waals surface area (Å²) in [7, 11) is 0. The van der Waals surface area contributed by atoms with E-state index in [1.54, 1.807) is 36.4 Å². The van der Waals surface area contributed by atoms with Gasteiger partial charge in [-0.15, -0.1) is 0 Å². The molecule has 1 amide bonds. The van der Waals surface area contributed by atoms with Crippen molar-refractivity contribution in [2.24, 2.45) is 16.7 Å². The predicted molar refractivity (Wildman–Crippen MR) is 205 cm³/mol. The van der Waals surface area contributed by atoms with Crippen LogP contribution >= 0.6 is 0 Å². The quantitative estimate of drug-likeness (QED) is 0.0780. The summed E-state index contributed by atoms with van der Waals surface area (Å²) in [6.45, 7) is 5.50. The first-order chi connectivity index (χ1) is 27.8. The van der Waals surface area contributed by atoms with Crippen molar-refractivity contribution >= 4 is 29.3 Å². The van der Waals surface area contributed by atoms with Crippen molar-refractivity contribution in [1.82, 2.24) is 5.32 Å². The number of non-ortho nitro benzene ring substituents is 1. The van der Waals surface area contributed by atoms with Crippen LogP contribution < -0.4 is 5.32 Å². The molecule has 1 heterocycles. The summed E-state index contributed by atoms with van der Waals surface area (Å²) in [6, 6.07) is 18.9. The Morgan fingerprint density at radius 2 is 1.48 bits per heavy atom. The minimum atomic E-state index is -2.37. The zero-order valence-corrected chi connectivity index (χ0v) is 43.3. The Morgan fingerprint density at radius 1 is 0.902 bits per heavy atom. The number of esters is 2. The maximum atomic E-state index is 14.7. The first-order valence-corrected chi connectivity index (χ1v) is 19.2. The second-order valence-corrected chi connectivity index (χ2v) is 16.6. The van der Waals surface area contributed by atoms with Gasteiger partial charge in [-0.2, -0.15) is 0 Å². The van der Waals surface area contributed by atoms with E-state index in [0.717, 1.165) is 12.1 Å². The summed E-state index contributed by atoms with van der Waals surface area (Å²) in [5, 5.41) is 74.9. The number of nitro benzene ring substituents is 1. The van der Waals surface area contributed by atoms with Crippen molar-refractivity contribution in [3.63, 3.8) is 0 Å². The van der Waals surface area contributed by atoms with Crippen LogP contribution in [0.15, 0.2) is 96.1 Å². The molecule has 7 rings (SSSR count). The number of benzene rings is 3. The second kappa shape index (κ2) is 18.6. The number of nitrogens with zero attached hydrogens (tertiary/aromatic N) is 1. The fourth-order valence-corrected chi connectivity index (χ4v) is 9.68. The molecule has 9 unspecified atom stereocenters. The Bertz CT molecular complexity index is 2210. The number of nitro groups is 1. The third-order valence-corrected chi connectivity index (χ3v) is 13.2. The fraction of sp³-hybridized carbons (Fsp3) is 0.442. The molecule has 2 radical (unpaired) electrons. The van der Waals surface area contributed by atoms with Gasteiger partial charge in [-0.1, -0.05) is 62.4 Å². The molecule has 3 aliphatic carbocycles. The smallest absolute Gasteiger partial charge is 0.338 e. The number of fused-ring (bicyclic) bond motifs is 5. The maximum absolute atomic E-state index is 14.7. The molecule has 318 valence electrons. The zero-order valence-electron chi connectivity index (χ0n) is 33.8.